The summed E-state index contributed by atoms with van der Waals surface area (Å²) in [5, 5.41) is 0. The molecule has 0 unspecified atom stereocenters. The number of carbonyl (C=O) groups excluding carboxylic acids is 2. The summed E-state index contributed by atoms with van der Waals surface area (Å²) >= 11 is 0. The lowest BCUT2D eigenvalue weighted by Gasteiger charge is -2.16. The lowest BCUT2D eigenvalue weighted by Crippen LogP contribution is -2.30. The normalized spacial score (nSPS) is 13.8. The van der Waals surface area contributed by atoms with Gasteiger partial charge in [0.1, 0.15) is 5.82 Å². The van der Waals surface area contributed by atoms with Gasteiger partial charge in [0.05, 0.1) is 23.5 Å². The Morgan fingerprint density at radius 2 is 1.95 bits per heavy atom. The number of nitrogens with zero attached hydrogens (tertiary/aromatic N) is 2. The van der Waals surface area contributed by atoms with E-state index in [2.05, 4.69) is 4.98 Å². The molecule has 106 valence electrons. The van der Waals surface area contributed by atoms with Gasteiger partial charge in [0.15, 0.2) is 5.82 Å². The molecule has 1 aromatic carbocycles. The van der Waals surface area contributed by atoms with Crippen molar-refractivity contribution in [2.24, 2.45) is 0 Å². The Morgan fingerprint density at radius 3 is 2.67 bits per heavy atom. The highest BCUT2D eigenvalue weighted by Gasteiger charge is 2.38. The van der Waals surface area contributed by atoms with E-state index in [0.29, 0.717) is 11.8 Å². The lowest BCUT2D eigenvalue weighted by atomic mass is 10.1. The molecule has 0 radical (unpaired) electrons. The maximum Gasteiger partial charge on any atom is 0.299 e. The number of amides is 1. The van der Waals surface area contributed by atoms with E-state index in [1.54, 1.807) is 25.1 Å². The number of benzene rings is 1. The number of hydrogen-bond acceptors (Lipinski definition) is 3. The van der Waals surface area contributed by atoms with Crippen molar-refractivity contribution in [1.82, 2.24) is 4.98 Å². The van der Waals surface area contributed by atoms with E-state index < -0.39 is 23.3 Å². The number of aromatic nitrogens is 1. The number of hydrogen-bond donors (Lipinski definition) is 0. The van der Waals surface area contributed by atoms with Crippen LogP contribution in [-0.4, -0.2) is 16.7 Å². The van der Waals surface area contributed by atoms with Gasteiger partial charge in [0.2, 0.25) is 0 Å². The molecule has 1 aliphatic rings. The number of pyridine rings is 1. The van der Waals surface area contributed by atoms with Gasteiger partial charge in [-0.15, -0.1) is 0 Å². The highest BCUT2D eigenvalue weighted by molar-refractivity contribution is 6.52. The van der Waals surface area contributed by atoms with Gasteiger partial charge in [-0.3, -0.25) is 19.5 Å². The Labute approximate surface area is 119 Å². The second-order valence-corrected chi connectivity index (χ2v) is 4.77. The molecule has 0 aliphatic carbocycles. The van der Waals surface area contributed by atoms with Gasteiger partial charge >= 0.3 is 0 Å². The van der Waals surface area contributed by atoms with Crippen LogP contribution in [0.1, 0.15) is 21.7 Å². The number of halogens is 2. The maximum atomic E-state index is 13.9. The van der Waals surface area contributed by atoms with Crippen LogP contribution < -0.4 is 4.90 Å². The molecule has 0 saturated carbocycles. The predicted molar refractivity (Wildman–Crippen MR) is 70.9 cm³/mol. The summed E-state index contributed by atoms with van der Waals surface area (Å²) in [6.45, 7) is 1.74. The quantitative estimate of drug-likeness (QED) is 0.797. The average Bonchev–Trinajstić information content (AvgIpc) is 2.64. The van der Waals surface area contributed by atoms with Crippen molar-refractivity contribution in [3.63, 3.8) is 0 Å². The van der Waals surface area contributed by atoms with Crippen molar-refractivity contribution >= 4 is 17.4 Å². The molecule has 2 aromatic rings. The molecule has 3 rings (SSSR count). The number of anilines is 1. The molecule has 6 heteroatoms. The van der Waals surface area contributed by atoms with E-state index in [1.165, 1.54) is 0 Å². The maximum absolute atomic E-state index is 13.9. The van der Waals surface area contributed by atoms with E-state index in [4.69, 9.17) is 0 Å². The number of fused-ring (bicyclic) bond motifs is 1. The van der Waals surface area contributed by atoms with Crippen LogP contribution in [0, 0.1) is 18.6 Å². The van der Waals surface area contributed by atoms with Crippen LogP contribution in [0.15, 0.2) is 30.3 Å². The first kappa shape index (κ1) is 13.4. The smallest absolute Gasteiger partial charge is 0.296 e. The lowest BCUT2D eigenvalue weighted by molar-refractivity contribution is -0.114. The molecule has 0 saturated heterocycles. The number of rotatable bonds is 2. The third-order valence-corrected chi connectivity index (χ3v) is 3.25. The molecule has 0 atom stereocenters. The molecule has 1 aliphatic heterocycles. The van der Waals surface area contributed by atoms with Gasteiger partial charge < -0.3 is 0 Å². The molecular weight excluding hydrogens is 278 g/mol. The first-order valence-corrected chi connectivity index (χ1v) is 6.25. The first-order valence-electron chi connectivity index (χ1n) is 6.25. The summed E-state index contributed by atoms with van der Waals surface area (Å²) in [4.78, 5) is 29.0. The van der Waals surface area contributed by atoms with Crippen molar-refractivity contribution in [3.8, 4) is 0 Å². The second kappa shape index (κ2) is 4.73. The molecule has 21 heavy (non-hydrogen) atoms. The van der Waals surface area contributed by atoms with Crippen LogP contribution in [0.4, 0.5) is 14.5 Å². The molecule has 2 heterocycles. The number of ketones is 1. The highest BCUT2D eigenvalue weighted by Crippen LogP contribution is 2.33. The largest absolute Gasteiger partial charge is 0.299 e. The number of Topliss-reactive ketones (excluding diaryl/α,β-unsaturated/α-hetero) is 1. The van der Waals surface area contributed by atoms with Gasteiger partial charge in [-0.05, 0) is 25.1 Å². The third kappa shape index (κ3) is 2.18. The van der Waals surface area contributed by atoms with E-state index in [1.807, 2.05) is 0 Å². The fourth-order valence-electron chi connectivity index (χ4n) is 2.35. The molecule has 0 fully saturated rings. The minimum absolute atomic E-state index is 0.0399. The van der Waals surface area contributed by atoms with Crippen molar-refractivity contribution in [2.75, 3.05) is 4.90 Å². The van der Waals surface area contributed by atoms with Crippen LogP contribution in [0.3, 0.4) is 0 Å². The predicted octanol–water partition coefficient (Wildman–Crippen LogP) is 2.40. The SMILES string of the molecule is Cc1cccc(CN2C(=O)C(=O)c3cc(F)cc(F)c32)n1. The molecule has 0 spiro atoms. The van der Waals surface area contributed by atoms with Crippen LogP contribution in [0.25, 0.3) is 0 Å². The molecule has 0 N–H and O–H groups in total. The zero-order valence-corrected chi connectivity index (χ0v) is 11.1. The Balaban J connectivity index is 2.05. The minimum Gasteiger partial charge on any atom is -0.296 e. The van der Waals surface area contributed by atoms with Crippen molar-refractivity contribution in [3.05, 3.63) is 58.9 Å². The Kier molecular flexibility index (Phi) is 3.01. The fraction of sp³-hybridized carbons (Fsp3) is 0.133. The number of aryl methyl sites for hydroxylation is 1. The molecular formula is C15H10F2N2O2. The minimum atomic E-state index is -0.933. The summed E-state index contributed by atoms with van der Waals surface area (Å²) in [6.07, 6.45) is 0. The summed E-state index contributed by atoms with van der Waals surface area (Å²) < 4.78 is 27.1. The van der Waals surface area contributed by atoms with Crippen molar-refractivity contribution < 1.29 is 18.4 Å². The Bertz CT molecular complexity index is 774. The van der Waals surface area contributed by atoms with E-state index in [0.717, 1.165) is 16.7 Å². The zero-order valence-electron chi connectivity index (χ0n) is 11.1. The van der Waals surface area contributed by atoms with Gasteiger partial charge in [0.25, 0.3) is 11.7 Å². The summed E-state index contributed by atoms with van der Waals surface area (Å²) in [5.74, 6) is -3.60. The molecule has 4 nitrogen and oxygen atoms in total. The number of carbonyl (C=O) groups is 2. The van der Waals surface area contributed by atoms with Crippen LogP contribution in [0.5, 0.6) is 0 Å². The van der Waals surface area contributed by atoms with E-state index in [-0.39, 0.29) is 17.8 Å². The Hall–Kier alpha value is -2.63. The van der Waals surface area contributed by atoms with Gasteiger partial charge in [-0.25, -0.2) is 8.78 Å². The highest BCUT2D eigenvalue weighted by atomic mass is 19.1. The standard InChI is InChI=1S/C15H10F2N2O2/c1-8-3-2-4-10(18-8)7-19-13-11(14(20)15(19)21)5-9(16)6-12(13)17/h2-6H,7H2,1H3. The van der Waals surface area contributed by atoms with Gasteiger partial charge in [0, 0.05) is 11.8 Å². The third-order valence-electron chi connectivity index (χ3n) is 3.25. The van der Waals surface area contributed by atoms with Crippen LogP contribution in [-0.2, 0) is 11.3 Å². The van der Waals surface area contributed by atoms with Crippen LogP contribution >= 0.6 is 0 Å². The molecule has 1 amide bonds. The van der Waals surface area contributed by atoms with Crippen molar-refractivity contribution in [2.45, 2.75) is 13.5 Å². The average molecular weight is 288 g/mol. The van der Waals surface area contributed by atoms with Crippen molar-refractivity contribution in [1.29, 1.82) is 0 Å². The second-order valence-electron chi connectivity index (χ2n) is 4.77. The molecule has 1 aromatic heterocycles. The summed E-state index contributed by atoms with van der Waals surface area (Å²) in [6, 6.07) is 6.74. The summed E-state index contributed by atoms with van der Waals surface area (Å²) in [5.41, 5.74) is 0.831. The van der Waals surface area contributed by atoms with E-state index >= 15 is 0 Å². The fourth-order valence-corrected chi connectivity index (χ4v) is 2.35. The monoisotopic (exact) mass is 288 g/mol. The molecule has 0 bridgehead atoms. The zero-order chi connectivity index (χ0) is 15.1. The van der Waals surface area contributed by atoms with Gasteiger partial charge in [-0.1, -0.05) is 6.07 Å². The topological polar surface area (TPSA) is 50.3 Å². The van der Waals surface area contributed by atoms with Gasteiger partial charge in [-0.2, -0.15) is 0 Å². The summed E-state index contributed by atoms with van der Waals surface area (Å²) in [7, 11) is 0. The van der Waals surface area contributed by atoms with E-state index in [9.17, 15) is 18.4 Å². The first-order chi connectivity index (χ1) is 9.97. The Morgan fingerprint density at radius 1 is 1.19 bits per heavy atom. The van der Waals surface area contributed by atoms with Crippen LogP contribution in [0.2, 0.25) is 0 Å².